The molecule has 3 N–H and O–H groups in total. The Morgan fingerprint density at radius 1 is 1.29 bits per heavy atom. The summed E-state index contributed by atoms with van der Waals surface area (Å²) < 4.78 is 26.1. The van der Waals surface area contributed by atoms with Crippen LogP contribution in [-0.2, 0) is 19.6 Å². The first-order valence-electron chi connectivity index (χ1n) is 7.30. The molecule has 1 aromatic carbocycles. The highest BCUT2D eigenvalue weighted by atomic mass is 32.2. The van der Waals surface area contributed by atoms with Gasteiger partial charge in [-0.25, -0.2) is 8.42 Å². The zero-order valence-corrected chi connectivity index (χ0v) is 14.2. The number of hydrogen-bond donors (Lipinski definition) is 3. The first-order valence-corrected chi connectivity index (χ1v) is 8.78. The highest BCUT2D eigenvalue weighted by Gasteiger charge is 2.30. The van der Waals surface area contributed by atoms with Crippen molar-refractivity contribution in [1.29, 1.82) is 0 Å². The van der Waals surface area contributed by atoms with Crippen LogP contribution < -0.4 is 10.0 Å². The van der Waals surface area contributed by atoms with Gasteiger partial charge in [-0.2, -0.15) is 0 Å². The lowest BCUT2D eigenvalue weighted by molar-refractivity contribution is -0.147. The predicted molar refractivity (Wildman–Crippen MR) is 87.2 cm³/mol. The quantitative estimate of drug-likeness (QED) is 0.680. The molecule has 1 amide bonds. The van der Waals surface area contributed by atoms with Gasteiger partial charge in [0.1, 0.15) is 12.4 Å². The molecule has 0 aliphatic carbocycles. The molecule has 0 unspecified atom stereocenters. The van der Waals surface area contributed by atoms with Gasteiger partial charge in [0.2, 0.25) is 5.91 Å². The topological polar surface area (TPSA) is 125 Å². The van der Waals surface area contributed by atoms with Gasteiger partial charge in [0.15, 0.2) is 0 Å². The number of amidine groups is 1. The van der Waals surface area contributed by atoms with Gasteiger partial charge in [0.25, 0.3) is 10.0 Å². The number of rotatable bonds is 6. The highest BCUT2D eigenvalue weighted by Crippen LogP contribution is 2.22. The lowest BCUT2D eigenvalue weighted by Gasteiger charge is -2.18. The van der Waals surface area contributed by atoms with E-state index >= 15 is 0 Å². The number of amides is 1. The van der Waals surface area contributed by atoms with Gasteiger partial charge < -0.3 is 10.4 Å². The Morgan fingerprint density at radius 2 is 1.96 bits per heavy atom. The van der Waals surface area contributed by atoms with E-state index in [1.165, 1.54) is 6.07 Å². The van der Waals surface area contributed by atoms with Gasteiger partial charge in [0.05, 0.1) is 10.3 Å². The summed E-state index contributed by atoms with van der Waals surface area (Å²) >= 11 is 0. The molecule has 8 nitrogen and oxygen atoms in total. The van der Waals surface area contributed by atoms with E-state index in [0.29, 0.717) is 5.56 Å². The fourth-order valence-electron chi connectivity index (χ4n) is 2.08. The molecule has 0 fully saturated rings. The van der Waals surface area contributed by atoms with Crippen molar-refractivity contribution in [1.82, 2.24) is 10.0 Å². The number of carboxylic acids is 1. The van der Waals surface area contributed by atoms with Gasteiger partial charge in [-0.05, 0) is 32.4 Å². The minimum atomic E-state index is -3.63. The molecule has 24 heavy (non-hydrogen) atoms. The van der Waals surface area contributed by atoms with Gasteiger partial charge in [-0.3, -0.25) is 19.3 Å². The van der Waals surface area contributed by atoms with Gasteiger partial charge in [0, 0.05) is 12.1 Å². The minimum Gasteiger partial charge on any atom is -0.481 e. The van der Waals surface area contributed by atoms with Crippen molar-refractivity contribution < 1.29 is 23.1 Å². The summed E-state index contributed by atoms with van der Waals surface area (Å²) in [6.45, 7) is 3.10. The van der Waals surface area contributed by atoms with Crippen LogP contribution in [0.4, 0.5) is 0 Å². The lowest BCUT2D eigenvalue weighted by Crippen LogP contribution is -2.33. The number of carbonyl (C=O) groups excluding carboxylic acids is 1. The maximum Gasteiger partial charge on any atom is 0.309 e. The van der Waals surface area contributed by atoms with Crippen LogP contribution in [0.25, 0.3) is 0 Å². The maximum atomic E-state index is 11.9. The van der Waals surface area contributed by atoms with E-state index < -0.39 is 27.3 Å². The number of benzene rings is 1. The predicted octanol–water partition coefficient (Wildman–Crippen LogP) is 0.342. The molecule has 0 atom stereocenters. The van der Waals surface area contributed by atoms with Crippen LogP contribution >= 0.6 is 0 Å². The van der Waals surface area contributed by atoms with Gasteiger partial charge >= 0.3 is 5.97 Å². The number of sulfonamides is 1. The molecule has 130 valence electrons. The Kier molecular flexibility index (Phi) is 4.93. The summed E-state index contributed by atoms with van der Waals surface area (Å²) in [6, 6.07) is 6.37. The molecule has 0 aromatic heterocycles. The van der Waals surface area contributed by atoms with E-state index in [0.717, 1.165) is 0 Å². The summed E-state index contributed by atoms with van der Waals surface area (Å²) in [7, 11) is -3.63. The zero-order chi connectivity index (χ0) is 18.0. The number of hydrogen-bond acceptors (Lipinski definition) is 5. The number of aliphatic imine (C=N–C) groups is 1. The SMILES string of the molecule is CC(C)(CCNC(=O)CN=C1NS(=O)(=O)c2ccccc21)C(=O)O. The van der Waals surface area contributed by atoms with E-state index in [-0.39, 0.29) is 30.2 Å². The fraction of sp³-hybridized carbons (Fsp3) is 0.400. The minimum absolute atomic E-state index is 0.131. The smallest absolute Gasteiger partial charge is 0.309 e. The van der Waals surface area contributed by atoms with Crippen LogP contribution in [0.2, 0.25) is 0 Å². The molecule has 1 heterocycles. The molecule has 0 radical (unpaired) electrons. The zero-order valence-electron chi connectivity index (χ0n) is 13.4. The summed E-state index contributed by atoms with van der Waals surface area (Å²) in [4.78, 5) is 26.9. The van der Waals surface area contributed by atoms with Crippen molar-refractivity contribution in [2.45, 2.75) is 25.2 Å². The van der Waals surface area contributed by atoms with E-state index in [4.69, 9.17) is 5.11 Å². The largest absolute Gasteiger partial charge is 0.481 e. The Labute approximate surface area is 140 Å². The molecule has 1 aromatic rings. The molecular formula is C15H19N3O5S. The van der Waals surface area contributed by atoms with Crippen LogP contribution in [0.5, 0.6) is 0 Å². The second kappa shape index (κ2) is 6.60. The average molecular weight is 353 g/mol. The number of carboxylic acid groups (broad SMARTS) is 1. The molecule has 2 rings (SSSR count). The number of fused-ring (bicyclic) bond motifs is 1. The second-order valence-corrected chi connectivity index (χ2v) is 7.71. The fourth-order valence-corrected chi connectivity index (χ4v) is 3.33. The van der Waals surface area contributed by atoms with E-state index in [9.17, 15) is 18.0 Å². The number of nitrogens with one attached hydrogen (secondary N) is 2. The van der Waals surface area contributed by atoms with Crippen molar-refractivity contribution in [3.05, 3.63) is 29.8 Å². The Bertz CT molecular complexity index is 799. The summed E-state index contributed by atoms with van der Waals surface area (Å²) in [6.07, 6.45) is 0.278. The Morgan fingerprint density at radius 3 is 2.62 bits per heavy atom. The van der Waals surface area contributed by atoms with E-state index in [1.54, 1.807) is 32.0 Å². The molecule has 1 aliphatic heterocycles. The van der Waals surface area contributed by atoms with Crippen molar-refractivity contribution in [2.24, 2.45) is 10.4 Å². The van der Waals surface area contributed by atoms with Crippen LogP contribution in [0.1, 0.15) is 25.8 Å². The second-order valence-electron chi connectivity index (χ2n) is 6.06. The molecule has 1 aliphatic rings. The molecule has 0 spiro atoms. The highest BCUT2D eigenvalue weighted by molar-refractivity contribution is 7.90. The third-order valence-corrected chi connectivity index (χ3v) is 5.09. The number of aliphatic carboxylic acids is 1. The average Bonchev–Trinajstić information content (AvgIpc) is 2.76. The van der Waals surface area contributed by atoms with Crippen molar-refractivity contribution in [2.75, 3.05) is 13.1 Å². The third kappa shape index (κ3) is 3.91. The Balaban J connectivity index is 1.95. The summed E-state index contributed by atoms with van der Waals surface area (Å²) in [5.74, 6) is -1.21. The first kappa shape index (κ1) is 17.9. The molecule has 0 bridgehead atoms. The molecular weight excluding hydrogens is 334 g/mol. The van der Waals surface area contributed by atoms with Crippen LogP contribution in [0, 0.1) is 5.41 Å². The van der Waals surface area contributed by atoms with Crippen LogP contribution in [0.3, 0.4) is 0 Å². The van der Waals surface area contributed by atoms with Crippen molar-refractivity contribution in [3.63, 3.8) is 0 Å². The van der Waals surface area contributed by atoms with E-state index in [1.807, 2.05) is 0 Å². The van der Waals surface area contributed by atoms with Crippen LogP contribution in [0.15, 0.2) is 34.2 Å². The maximum absolute atomic E-state index is 11.9. The Hall–Kier alpha value is -2.42. The monoisotopic (exact) mass is 353 g/mol. The standard InChI is InChI=1S/C15H19N3O5S/c1-15(2,14(20)21)7-8-16-12(19)9-17-13-10-5-3-4-6-11(10)24(22,23)18-13/h3-6H,7-9H2,1-2H3,(H,16,19)(H,17,18)(H,20,21). The first-order chi connectivity index (χ1) is 11.1. The van der Waals surface area contributed by atoms with Crippen LogP contribution in [-0.4, -0.2) is 44.3 Å². The number of carbonyl (C=O) groups is 2. The third-order valence-electron chi connectivity index (χ3n) is 3.69. The van der Waals surface area contributed by atoms with Crippen molar-refractivity contribution >= 4 is 27.7 Å². The van der Waals surface area contributed by atoms with Gasteiger partial charge in [-0.15, -0.1) is 0 Å². The summed E-state index contributed by atoms with van der Waals surface area (Å²) in [5, 5.41) is 11.6. The summed E-state index contributed by atoms with van der Waals surface area (Å²) in [5.41, 5.74) is -0.503. The lowest BCUT2D eigenvalue weighted by atomic mass is 9.90. The molecule has 0 saturated carbocycles. The normalized spacial score (nSPS) is 17.2. The van der Waals surface area contributed by atoms with E-state index in [2.05, 4.69) is 15.0 Å². The number of nitrogens with zero attached hydrogens (tertiary/aromatic N) is 1. The molecule has 9 heteroatoms. The molecule has 0 saturated heterocycles. The van der Waals surface area contributed by atoms with Crippen molar-refractivity contribution in [3.8, 4) is 0 Å². The van der Waals surface area contributed by atoms with Gasteiger partial charge in [-0.1, -0.05) is 12.1 Å².